The molecular weight excluding hydrogens is 592 g/mol. The van der Waals surface area contributed by atoms with Crippen molar-refractivity contribution in [1.29, 1.82) is 0 Å². The fraction of sp³-hybridized carbons (Fsp3) is 0.500. The van der Waals surface area contributed by atoms with E-state index < -0.39 is 23.8 Å². The Morgan fingerprint density at radius 3 is 2.43 bits per heavy atom. The first-order valence-corrected chi connectivity index (χ1v) is 17.0. The summed E-state index contributed by atoms with van der Waals surface area (Å²) in [7, 11) is 0. The van der Waals surface area contributed by atoms with Crippen molar-refractivity contribution in [1.82, 2.24) is 15.1 Å². The lowest BCUT2D eigenvalue weighted by Gasteiger charge is -2.37. The number of rotatable bonds is 11. The fourth-order valence-corrected chi connectivity index (χ4v) is 6.70. The zero-order valence-electron chi connectivity index (χ0n) is 28.0. The average Bonchev–Trinajstić information content (AvgIpc) is 3.48. The molecule has 0 aliphatic carbocycles. The molecule has 0 unspecified atom stereocenters. The Morgan fingerprint density at radius 2 is 1.68 bits per heavy atom. The van der Waals surface area contributed by atoms with Gasteiger partial charge in [0.1, 0.15) is 17.7 Å². The first kappa shape index (κ1) is 34.4. The molecule has 5 rings (SSSR count). The van der Waals surface area contributed by atoms with Crippen LogP contribution in [0.4, 0.5) is 4.79 Å². The van der Waals surface area contributed by atoms with E-state index in [1.165, 1.54) is 15.7 Å². The molecule has 3 N–H and O–H groups in total. The van der Waals surface area contributed by atoms with E-state index in [2.05, 4.69) is 35.6 Å². The molecule has 0 spiro atoms. The SMILES string of the molecule is CC(C)(C)OC(=O)N1CCCC[C@H]1C(=O)N[C@H](Cc1ccccc1)C(=O)N1C[C@H](OCc2ccc3ccccc3c2)C[C@@H]1CCCN. The average molecular weight is 643 g/mol. The van der Waals surface area contributed by atoms with Gasteiger partial charge in [-0.2, -0.15) is 0 Å². The van der Waals surface area contributed by atoms with Gasteiger partial charge in [0.15, 0.2) is 0 Å². The van der Waals surface area contributed by atoms with Gasteiger partial charge in [0, 0.05) is 25.6 Å². The lowest BCUT2D eigenvalue weighted by molar-refractivity contribution is -0.139. The molecule has 2 fully saturated rings. The molecule has 252 valence electrons. The normalized spacial score (nSPS) is 20.6. The summed E-state index contributed by atoms with van der Waals surface area (Å²) in [5.41, 5.74) is 7.25. The number of hydrogen-bond donors (Lipinski definition) is 2. The second-order valence-corrected chi connectivity index (χ2v) is 13.9. The van der Waals surface area contributed by atoms with E-state index in [1.54, 1.807) is 0 Å². The molecule has 2 heterocycles. The summed E-state index contributed by atoms with van der Waals surface area (Å²) in [4.78, 5) is 44.8. The van der Waals surface area contributed by atoms with Gasteiger partial charge in [-0.1, -0.05) is 66.7 Å². The molecule has 4 atom stereocenters. The van der Waals surface area contributed by atoms with Gasteiger partial charge >= 0.3 is 6.09 Å². The molecule has 2 aliphatic heterocycles. The Kier molecular flexibility index (Phi) is 11.5. The van der Waals surface area contributed by atoms with Crippen LogP contribution in [0.2, 0.25) is 0 Å². The molecule has 9 nitrogen and oxygen atoms in total. The standard InChI is InChI=1S/C38H50N4O5/c1-38(2,3)47-37(45)41-21-10-9-17-34(41)35(43)40-33(23-27-12-5-4-6-13-27)36(44)42-25-32(24-31(42)16-11-20-39)46-26-28-18-19-29-14-7-8-15-30(29)22-28/h4-8,12-15,18-19,22,31-34H,9-11,16-17,20-21,23-26,39H2,1-3H3,(H,40,43)/t31-,32+,33+,34-/m0/s1. The Bertz CT molecular complexity index is 1510. The number of benzene rings is 3. The van der Waals surface area contributed by atoms with Crippen molar-refractivity contribution >= 4 is 28.7 Å². The van der Waals surface area contributed by atoms with Gasteiger partial charge in [0.2, 0.25) is 11.8 Å². The van der Waals surface area contributed by atoms with Gasteiger partial charge < -0.3 is 25.4 Å². The van der Waals surface area contributed by atoms with Crippen LogP contribution in [0.5, 0.6) is 0 Å². The number of likely N-dealkylation sites (tertiary alicyclic amines) is 2. The molecule has 3 aromatic carbocycles. The zero-order valence-corrected chi connectivity index (χ0v) is 28.0. The minimum Gasteiger partial charge on any atom is -0.444 e. The van der Waals surface area contributed by atoms with Crippen LogP contribution in [-0.2, 0) is 32.1 Å². The first-order valence-electron chi connectivity index (χ1n) is 17.0. The number of amides is 3. The third kappa shape index (κ3) is 9.32. The lowest BCUT2D eigenvalue weighted by Crippen LogP contribution is -2.58. The molecule has 0 radical (unpaired) electrons. The van der Waals surface area contributed by atoms with Crippen molar-refractivity contribution < 1.29 is 23.9 Å². The van der Waals surface area contributed by atoms with Crippen molar-refractivity contribution in [2.75, 3.05) is 19.6 Å². The molecule has 3 amide bonds. The Balaban J connectivity index is 1.32. The van der Waals surface area contributed by atoms with E-state index in [-0.39, 0.29) is 24.0 Å². The monoisotopic (exact) mass is 642 g/mol. The summed E-state index contributed by atoms with van der Waals surface area (Å²) in [5.74, 6) is -0.465. The Hall–Kier alpha value is -3.95. The molecular formula is C38H50N4O5. The number of piperidine rings is 1. The van der Waals surface area contributed by atoms with Gasteiger partial charge in [0.25, 0.3) is 0 Å². The Morgan fingerprint density at radius 1 is 0.936 bits per heavy atom. The molecule has 2 saturated heterocycles. The van der Waals surface area contributed by atoms with Gasteiger partial charge in [-0.05, 0) is 93.8 Å². The quantitative estimate of drug-likeness (QED) is 0.282. The molecule has 0 saturated carbocycles. The number of carbonyl (C=O) groups is 3. The number of nitrogens with one attached hydrogen (secondary N) is 1. The minimum absolute atomic E-state index is 0.0456. The van der Waals surface area contributed by atoms with Crippen LogP contribution in [0.25, 0.3) is 10.8 Å². The molecule has 0 aromatic heterocycles. The van der Waals surface area contributed by atoms with Gasteiger partial charge in [0.05, 0.1) is 12.7 Å². The third-order valence-corrected chi connectivity index (χ3v) is 9.03. The van der Waals surface area contributed by atoms with Crippen molar-refractivity contribution in [2.45, 2.75) is 102 Å². The van der Waals surface area contributed by atoms with Gasteiger partial charge in [-0.3, -0.25) is 14.5 Å². The van der Waals surface area contributed by atoms with E-state index in [4.69, 9.17) is 15.2 Å². The number of nitrogens with two attached hydrogens (primary N) is 1. The Labute approximate surface area is 278 Å². The van der Waals surface area contributed by atoms with Crippen LogP contribution in [0.15, 0.2) is 72.8 Å². The maximum absolute atomic E-state index is 14.4. The highest BCUT2D eigenvalue weighted by molar-refractivity contribution is 5.92. The smallest absolute Gasteiger partial charge is 0.410 e. The predicted octanol–water partition coefficient (Wildman–Crippen LogP) is 5.58. The number of ether oxygens (including phenoxy) is 2. The van der Waals surface area contributed by atoms with Crippen LogP contribution in [-0.4, -0.2) is 77.2 Å². The van der Waals surface area contributed by atoms with E-state index >= 15 is 0 Å². The highest BCUT2D eigenvalue weighted by Crippen LogP contribution is 2.27. The van der Waals surface area contributed by atoms with Crippen molar-refractivity contribution in [3.05, 3.63) is 83.9 Å². The van der Waals surface area contributed by atoms with Crippen LogP contribution in [0.3, 0.4) is 0 Å². The summed E-state index contributed by atoms with van der Waals surface area (Å²) >= 11 is 0. The largest absolute Gasteiger partial charge is 0.444 e. The minimum atomic E-state index is -0.799. The molecule has 0 bridgehead atoms. The first-order chi connectivity index (χ1) is 22.6. The topological polar surface area (TPSA) is 114 Å². The number of nitrogens with zero attached hydrogens (tertiary/aromatic N) is 2. The molecule has 47 heavy (non-hydrogen) atoms. The number of fused-ring (bicyclic) bond motifs is 1. The number of hydrogen-bond acceptors (Lipinski definition) is 6. The second kappa shape index (κ2) is 15.8. The second-order valence-electron chi connectivity index (χ2n) is 13.9. The third-order valence-electron chi connectivity index (χ3n) is 9.03. The highest BCUT2D eigenvalue weighted by Gasteiger charge is 2.41. The van der Waals surface area contributed by atoms with Crippen LogP contribution in [0, 0.1) is 0 Å². The predicted molar refractivity (Wildman–Crippen MR) is 184 cm³/mol. The van der Waals surface area contributed by atoms with E-state index in [9.17, 15) is 14.4 Å². The van der Waals surface area contributed by atoms with Crippen molar-refractivity contribution in [3.8, 4) is 0 Å². The van der Waals surface area contributed by atoms with Gasteiger partial charge in [-0.15, -0.1) is 0 Å². The number of carbonyl (C=O) groups excluding carboxylic acids is 3. The van der Waals surface area contributed by atoms with Gasteiger partial charge in [-0.25, -0.2) is 4.79 Å². The van der Waals surface area contributed by atoms with E-state index in [0.717, 1.165) is 36.8 Å². The summed E-state index contributed by atoms with van der Waals surface area (Å²) < 4.78 is 12.0. The maximum atomic E-state index is 14.4. The summed E-state index contributed by atoms with van der Waals surface area (Å²) in [6.45, 7) is 7.31. The zero-order chi connectivity index (χ0) is 33.4. The van der Waals surface area contributed by atoms with Crippen LogP contribution in [0.1, 0.15) is 70.4 Å². The lowest BCUT2D eigenvalue weighted by atomic mass is 9.99. The van der Waals surface area contributed by atoms with Crippen LogP contribution < -0.4 is 11.1 Å². The molecule has 2 aliphatic rings. The van der Waals surface area contributed by atoms with E-state index in [1.807, 2.05) is 68.1 Å². The van der Waals surface area contributed by atoms with Crippen molar-refractivity contribution in [2.24, 2.45) is 5.73 Å². The van der Waals surface area contributed by atoms with Crippen LogP contribution >= 0.6 is 0 Å². The highest BCUT2D eigenvalue weighted by atomic mass is 16.6. The summed E-state index contributed by atoms with van der Waals surface area (Å²) in [6.07, 6.45) is 4.09. The molecule has 3 aromatic rings. The van der Waals surface area contributed by atoms with E-state index in [0.29, 0.717) is 45.5 Å². The summed E-state index contributed by atoms with van der Waals surface area (Å²) in [5, 5.41) is 5.43. The molecule has 9 heteroatoms. The van der Waals surface area contributed by atoms with Crippen molar-refractivity contribution in [3.63, 3.8) is 0 Å². The fourth-order valence-electron chi connectivity index (χ4n) is 6.70. The maximum Gasteiger partial charge on any atom is 0.410 e. The summed E-state index contributed by atoms with van der Waals surface area (Å²) in [6, 6.07) is 22.8.